The van der Waals surface area contributed by atoms with Crippen LogP contribution in [0.5, 0.6) is 0 Å². The molecular weight excluding hydrogens is 428 g/mol. The molecule has 0 unspecified atom stereocenters. The molecule has 2 N–H and O–H groups in total. The van der Waals surface area contributed by atoms with Gasteiger partial charge in [-0.3, -0.25) is 19.4 Å². The van der Waals surface area contributed by atoms with E-state index in [4.69, 9.17) is 0 Å². The second-order valence-electron chi connectivity index (χ2n) is 8.62. The van der Waals surface area contributed by atoms with Gasteiger partial charge in [-0.15, -0.1) is 0 Å². The molecule has 3 amide bonds. The minimum absolute atomic E-state index is 0.0218. The Labute approximate surface area is 201 Å². The Morgan fingerprint density at radius 3 is 2.59 bits per heavy atom. The topological polar surface area (TPSA) is 91.4 Å². The van der Waals surface area contributed by atoms with Crippen molar-refractivity contribution >= 4 is 29.5 Å². The zero-order chi connectivity index (χ0) is 24.2. The number of piperidine rings is 1. The van der Waals surface area contributed by atoms with Gasteiger partial charge in [0.2, 0.25) is 11.8 Å². The van der Waals surface area contributed by atoms with Crippen LogP contribution in [0.3, 0.4) is 0 Å². The zero-order valence-electron chi connectivity index (χ0n) is 19.8. The maximum absolute atomic E-state index is 12.9. The predicted molar refractivity (Wildman–Crippen MR) is 134 cm³/mol. The molecule has 0 bridgehead atoms. The summed E-state index contributed by atoms with van der Waals surface area (Å²) in [6.45, 7) is 3.98. The van der Waals surface area contributed by atoms with Crippen LogP contribution in [0.15, 0.2) is 54.9 Å². The van der Waals surface area contributed by atoms with Crippen molar-refractivity contribution < 1.29 is 14.4 Å². The number of pyridine rings is 1. The number of hydrogen-bond acceptors (Lipinski definition) is 4. The maximum Gasteiger partial charge on any atom is 0.253 e. The lowest BCUT2D eigenvalue weighted by atomic mass is 9.91. The van der Waals surface area contributed by atoms with Crippen molar-refractivity contribution in [2.24, 2.45) is 5.92 Å². The van der Waals surface area contributed by atoms with Gasteiger partial charge in [0.15, 0.2) is 0 Å². The van der Waals surface area contributed by atoms with Crippen LogP contribution in [-0.4, -0.2) is 47.2 Å². The molecule has 0 spiro atoms. The average molecular weight is 463 g/mol. The SMILES string of the molecule is CCC(=O)Nc1cccc(C(=O)N2CCC(CCCCNC(=O)/C=C/c3ccncc3)CC2)c1. The van der Waals surface area contributed by atoms with Crippen LogP contribution in [-0.2, 0) is 9.59 Å². The van der Waals surface area contributed by atoms with Crippen LogP contribution in [0.1, 0.15) is 61.4 Å². The molecule has 0 saturated carbocycles. The van der Waals surface area contributed by atoms with E-state index in [-0.39, 0.29) is 17.7 Å². The van der Waals surface area contributed by atoms with Gasteiger partial charge in [0, 0.05) is 55.8 Å². The van der Waals surface area contributed by atoms with Gasteiger partial charge in [-0.2, -0.15) is 0 Å². The number of nitrogens with one attached hydrogen (secondary N) is 2. The van der Waals surface area contributed by atoms with Gasteiger partial charge in [-0.25, -0.2) is 0 Å². The lowest BCUT2D eigenvalue weighted by Gasteiger charge is -2.32. The van der Waals surface area contributed by atoms with E-state index in [0.29, 0.717) is 30.1 Å². The lowest BCUT2D eigenvalue weighted by molar-refractivity contribution is -0.117. The molecule has 0 aliphatic carbocycles. The zero-order valence-corrected chi connectivity index (χ0v) is 19.8. The van der Waals surface area contributed by atoms with E-state index in [1.165, 1.54) is 0 Å². The Morgan fingerprint density at radius 2 is 1.85 bits per heavy atom. The van der Waals surface area contributed by atoms with E-state index >= 15 is 0 Å². The van der Waals surface area contributed by atoms with E-state index in [0.717, 1.165) is 50.8 Å². The maximum atomic E-state index is 12.9. The molecule has 34 heavy (non-hydrogen) atoms. The average Bonchev–Trinajstić information content (AvgIpc) is 2.88. The first-order chi connectivity index (χ1) is 16.5. The summed E-state index contributed by atoms with van der Waals surface area (Å²) in [7, 11) is 0. The molecule has 2 heterocycles. The smallest absolute Gasteiger partial charge is 0.253 e. The number of carbonyl (C=O) groups excluding carboxylic acids is 3. The van der Waals surface area contributed by atoms with Crippen molar-refractivity contribution in [3.05, 3.63) is 66.0 Å². The number of carbonyl (C=O) groups is 3. The minimum atomic E-state index is -0.0815. The van der Waals surface area contributed by atoms with Crippen molar-refractivity contribution in [3.8, 4) is 0 Å². The summed E-state index contributed by atoms with van der Waals surface area (Å²) >= 11 is 0. The Morgan fingerprint density at radius 1 is 1.09 bits per heavy atom. The first-order valence-corrected chi connectivity index (χ1v) is 12.1. The summed E-state index contributed by atoms with van der Waals surface area (Å²) in [6, 6.07) is 10.9. The second kappa shape index (κ2) is 13.3. The van der Waals surface area contributed by atoms with Crippen LogP contribution in [0, 0.1) is 5.92 Å². The van der Waals surface area contributed by atoms with Gasteiger partial charge in [0.05, 0.1) is 0 Å². The fourth-order valence-corrected chi connectivity index (χ4v) is 4.06. The number of amides is 3. The first kappa shape index (κ1) is 25.1. The number of likely N-dealkylation sites (tertiary alicyclic amines) is 1. The Hall–Kier alpha value is -3.48. The first-order valence-electron chi connectivity index (χ1n) is 12.1. The fraction of sp³-hybridized carbons (Fsp3) is 0.407. The van der Waals surface area contributed by atoms with Crippen LogP contribution in [0.2, 0.25) is 0 Å². The highest BCUT2D eigenvalue weighted by molar-refractivity contribution is 5.97. The van der Waals surface area contributed by atoms with Crippen LogP contribution < -0.4 is 10.6 Å². The van der Waals surface area contributed by atoms with E-state index < -0.39 is 0 Å². The van der Waals surface area contributed by atoms with Crippen molar-refractivity contribution in [1.29, 1.82) is 0 Å². The Balaban J connectivity index is 1.32. The Bertz CT molecular complexity index is 982. The molecule has 2 aromatic rings. The molecule has 3 rings (SSSR count). The highest BCUT2D eigenvalue weighted by Gasteiger charge is 2.23. The molecular formula is C27H34N4O3. The summed E-state index contributed by atoms with van der Waals surface area (Å²) in [6.07, 6.45) is 12.3. The molecule has 7 nitrogen and oxygen atoms in total. The number of nitrogens with zero attached hydrogens (tertiary/aromatic N) is 2. The number of anilines is 1. The summed E-state index contributed by atoms with van der Waals surface area (Å²) in [5.41, 5.74) is 2.22. The van der Waals surface area contributed by atoms with Gasteiger partial charge in [-0.1, -0.05) is 25.8 Å². The molecule has 1 aliphatic heterocycles. The number of benzene rings is 1. The molecule has 1 aromatic carbocycles. The normalized spacial score (nSPS) is 14.2. The van der Waals surface area contributed by atoms with E-state index in [1.807, 2.05) is 17.0 Å². The molecule has 0 radical (unpaired) electrons. The van der Waals surface area contributed by atoms with Gasteiger partial charge in [-0.05, 0) is 67.2 Å². The molecule has 1 aromatic heterocycles. The van der Waals surface area contributed by atoms with Gasteiger partial charge < -0.3 is 15.5 Å². The monoisotopic (exact) mass is 462 g/mol. The standard InChI is InChI=1S/C27H34N4O3/c1-2-25(32)30-24-8-5-7-23(20-24)27(34)31-18-13-21(14-19-31)6-3-4-15-29-26(33)10-9-22-11-16-28-17-12-22/h5,7-12,16-17,20-21H,2-4,6,13-15,18-19H2,1H3,(H,29,33)(H,30,32)/b10-9+. The molecule has 1 fully saturated rings. The van der Waals surface area contributed by atoms with Crippen LogP contribution in [0.4, 0.5) is 5.69 Å². The van der Waals surface area contributed by atoms with E-state index in [1.54, 1.807) is 55.7 Å². The largest absolute Gasteiger partial charge is 0.353 e. The van der Waals surface area contributed by atoms with Crippen LogP contribution >= 0.6 is 0 Å². The molecule has 1 saturated heterocycles. The number of rotatable bonds is 10. The molecule has 1 aliphatic rings. The van der Waals surface area contributed by atoms with Crippen molar-refractivity contribution in [1.82, 2.24) is 15.2 Å². The van der Waals surface area contributed by atoms with Crippen LogP contribution in [0.25, 0.3) is 6.08 Å². The van der Waals surface area contributed by atoms with Gasteiger partial charge >= 0.3 is 0 Å². The third-order valence-electron chi connectivity index (χ3n) is 6.09. The minimum Gasteiger partial charge on any atom is -0.353 e. The molecule has 0 atom stereocenters. The molecule has 180 valence electrons. The third kappa shape index (κ3) is 8.14. The van der Waals surface area contributed by atoms with Crippen molar-refractivity contribution in [2.45, 2.75) is 45.4 Å². The van der Waals surface area contributed by atoms with E-state index in [9.17, 15) is 14.4 Å². The second-order valence-corrected chi connectivity index (χ2v) is 8.62. The van der Waals surface area contributed by atoms with Gasteiger partial charge in [0.1, 0.15) is 0 Å². The van der Waals surface area contributed by atoms with Crippen molar-refractivity contribution in [2.75, 3.05) is 25.0 Å². The quantitative estimate of drug-likeness (QED) is 0.407. The summed E-state index contributed by atoms with van der Waals surface area (Å²) < 4.78 is 0. The number of aromatic nitrogens is 1. The highest BCUT2D eigenvalue weighted by atomic mass is 16.2. The fourth-order valence-electron chi connectivity index (χ4n) is 4.06. The summed E-state index contributed by atoms with van der Waals surface area (Å²) in [4.78, 5) is 42.3. The van der Waals surface area contributed by atoms with E-state index in [2.05, 4.69) is 15.6 Å². The number of unbranched alkanes of at least 4 members (excludes halogenated alkanes) is 1. The summed E-state index contributed by atoms with van der Waals surface area (Å²) in [5.74, 6) is 0.489. The number of hydrogen-bond donors (Lipinski definition) is 2. The van der Waals surface area contributed by atoms with Gasteiger partial charge in [0.25, 0.3) is 5.91 Å². The lowest BCUT2D eigenvalue weighted by Crippen LogP contribution is -2.38. The third-order valence-corrected chi connectivity index (χ3v) is 6.09. The molecule has 7 heteroatoms. The van der Waals surface area contributed by atoms with Crippen molar-refractivity contribution in [3.63, 3.8) is 0 Å². The highest BCUT2D eigenvalue weighted by Crippen LogP contribution is 2.24. The Kier molecular flexibility index (Phi) is 9.82. The summed E-state index contributed by atoms with van der Waals surface area (Å²) in [5, 5.41) is 5.74. The predicted octanol–water partition coefficient (Wildman–Crippen LogP) is 4.28.